The highest BCUT2D eigenvalue weighted by molar-refractivity contribution is 7.89. The van der Waals surface area contributed by atoms with Gasteiger partial charge in [-0.05, 0) is 30.7 Å². The summed E-state index contributed by atoms with van der Waals surface area (Å²) >= 11 is 0. The summed E-state index contributed by atoms with van der Waals surface area (Å²) < 4.78 is 29.0. The summed E-state index contributed by atoms with van der Waals surface area (Å²) in [7, 11) is -1.60. The molecule has 2 rings (SSSR count). The molecule has 0 atom stereocenters. The fourth-order valence-corrected chi connectivity index (χ4v) is 3.73. The van der Waals surface area contributed by atoms with Gasteiger partial charge in [0.05, 0.1) is 4.90 Å². The second-order valence-electron chi connectivity index (χ2n) is 5.56. The second-order valence-corrected chi connectivity index (χ2v) is 7.32. The van der Waals surface area contributed by atoms with E-state index in [0.29, 0.717) is 18.0 Å². The van der Waals surface area contributed by atoms with E-state index in [2.05, 4.69) is 11.6 Å². The fourth-order valence-electron chi connectivity index (χ4n) is 2.48. The van der Waals surface area contributed by atoms with Gasteiger partial charge in [0.25, 0.3) is 0 Å². The maximum atomic E-state index is 12.2. The highest BCUT2D eigenvalue weighted by Gasteiger charge is 2.42. The summed E-state index contributed by atoms with van der Waals surface area (Å²) in [4.78, 5) is 0.308. The number of rotatable bonds is 7. The molecule has 0 unspecified atom stereocenters. The predicted molar refractivity (Wildman–Crippen MR) is 75.1 cm³/mol. The number of nitrogens with zero attached hydrogens (tertiary/aromatic N) is 1. The van der Waals surface area contributed by atoms with Crippen molar-refractivity contribution in [1.82, 2.24) is 9.29 Å². The van der Waals surface area contributed by atoms with Crippen LogP contribution in [0, 0.1) is 5.41 Å². The van der Waals surface area contributed by atoms with E-state index in [1.54, 1.807) is 23.9 Å². The van der Waals surface area contributed by atoms with Gasteiger partial charge >= 0.3 is 0 Å². The number of nitrogens with two attached hydrogens (primary N) is 1. The Morgan fingerprint density at radius 3 is 2.63 bits per heavy atom. The molecule has 0 aromatic carbocycles. The van der Waals surface area contributed by atoms with Crippen LogP contribution in [0.1, 0.15) is 38.3 Å². The molecule has 1 heterocycles. The average molecular weight is 285 g/mol. The zero-order chi connectivity index (χ0) is 14.1. The molecule has 19 heavy (non-hydrogen) atoms. The number of hydrogen-bond donors (Lipinski definition) is 2. The van der Waals surface area contributed by atoms with Crippen LogP contribution in [-0.2, 0) is 23.6 Å². The van der Waals surface area contributed by atoms with E-state index in [9.17, 15) is 8.42 Å². The zero-order valence-electron chi connectivity index (χ0n) is 11.6. The molecule has 108 valence electrons. The van der Waals surface area contributed by atoms with Crippen molar-refractivity contribution < 1.29 is 8.42 Å². The Kier molecular flexibility index (Phi) is 4.03. The number of sulfonamides is 1. The maximum Gasteiger partial charge on any atom is 0.242 e. The van der Waals surface area contributed by atoms with Crippen LogP contribution in [0.4, 0.5) is 0 Å². The molecule has 1 aliphatic carbocycles. The monoisotopic (exact) mass is 285 g/mol. The van der Waals surface area contributed by atoms with Gasteiger partial charge in [-0.1, -0.05) is 13.3 Å². The summed E-state index contributed by atoms with van der Waals surface area (Å²) in [5.41, 5.74) is 6.59. The van der Waals surface area contributed by atoms with Crippen molar-refractivity contribution in [3.8, 4) is 0 Å². The lowest BCUT2D eigenvalue weighted by Gasteiger charge is -2.14. The molecular formula is C13H23N3O2S. The third-order valence-electron chi connectivity index (χ3n) is 3.98. The maximum absolute atomic E-state index is 12.2. The highest BCUT2D eigenvalue weighted by Crippen LogP contribution is 2.49. The van der Waals surface area contributed by atoms with Crippen molar-refractivity contribution in [3.05, 3.63) is 18.0 Å². The molecule has 1 aromatic rings. The molecule has 6 heteroatoms. The average Bonchev–Trinajstić information content (AvgIpc) is 3.02. The normalized spacial score (nSPS) is 17.6. The molecule has 5 nitrogen and oxygen atoms in total. The van der Waals surface area contributed by atoms with E-state index in [4.69, 9.17) is 5.73 Å². The van der Waals surface area contributed by atoms with Gasteiger partial charge in [-0.25, -0.2) is 13.1 Å². The van der Waals surface area contributed by atoms with Gasteiger partial charge in [0, 0.05) is 32.0 Å². The molecule has 0 bridgehead atoms. The van der Waals surface area contributed by atoms with Gasteiger partial charge in [0.15, 0.2) is 0 Å². The van der Waals surface area contributed by atoms with E-state index in [1.165, 1.54) is 0 Å². The van der Waals surface area contributed by atoms with Crippen molar-refractivity contribution >= 4 is 10.0 Å². The summed E-state index contributed by atoms with van der Waals surface area (Å²) in [5.74, 6) is 0. The summed E-state index contributed by atoms with van der Waals surface area (Å²) in [6, 6.07) is 1.64. The Morgan fingerprint density at radius 1 is 1.47 bits per heavy atom. The topological polar surface area (TPSA) is 77.1 Å². The Morgan fingerprint density at radius 2 is 2.16 bits per heavy atom. The van der Waals surface area contributed by atoms with Gasteiger partial charge in [-0.3, -0.25) is 0 Å². The Balaban J connectivity index is 2.06. The van der Waals surface area contributed by atoms with Crippen LogP contribution in [0.25, 0.3) is 0 Å². The zero-order valence-corrected chi connectivity index (χ0v) is 12.5. The summed E-state index contributed by atoms with van der Waals surface area (Å²) in [5, 5.41) is 0. The van der Waals surface area contributed by atoms with E-state index in [1.807, 2.05) is 0 Å². The van der Waals surface area contributed by atoms with Crippen molar-refractivity contribution in [3.63, 3.8) is 0 Å². The molecular weight excluding hydrogens is 262 g/mol. The Bertz CT molecular complexity index is 544. The molecule has 0 amide bonds. The standard InChI is InChI=1S/C13H23N3O2S/c1-3-4-13(5-6-13)10-15-19(17,18)12-7-11(8-14)16(2)9-12/h7,9,15H,3-6,8,10,14H2,1-2H3. The number of aromatic nitrogens is 1. The molecule has 1 fully saturated rings. The highest BCUT2D eigenvalue weighted by atomic mass is 32.2. The van der Waals surface area contributed by atoms with Crippen LogP contribution in [-0.4, -0.2) is 19.5 Å². The molecule has 1 aliphatic rings. The largest absolute Gasteiger partial charge is 0.352 e. The number of hydrogen-bond acceptors (Lipinski definition) is 3. The lowest BCUT2D eigenvalue weighted by atomic mass is 10.0. The van der Waals surface area contributed by atoms with Crippen LogP contribution in [0.5, 0.6) is 0 Å². The first-order valence-electron chi connectivity index (χ1n) is 6.77. The SMILES string of the molecule is CCCC1(CNS(=O)(=O)c2cc(CN)n(C)c2)CC1. The van der Waals surface area contributed by atoms with Crippen LogP contribution in [0.3, 0.4) is 0 Å². The van der Waals surface area contributed by atoms with Gasteiger partial charge < -0.3 is 10.3 Å². The van der Waals surface area contributed by atoms with Crippen molar-refractivity contribution in [2.75, 3.05) is 6.54 Å². The van der Waals surface area contributed by atoms with Gasteiger partial charge in [-0.15, -0.1) is 0 Å². The van der Waals surface area contributed by atoms with Crippen LogP contribution >= 0.6 is 0 Å². The molecule has 3 N–H and O–H groups in total. The minimum Gasteiger partial charge on any atom is -0.352 e. The Hall–Kier alpha value is -0.850. The van der Waals surface area contributed by atoms with Gasteiger partial charge in [0.2, 0.25) is 10.0 Å². The smallest absolute Gasteiger partial charge is 0.242 e. The predicted octanol–water partition coefficient (Wildman–Crippen LogP) is 1.34. The molecule has 0 spiro atoms. The lowest BCUT2D eigenvalue weighted by molar-refractivity contribution is 0.449. The van der Waals surface area contributed by atoms with Crippen LogP contribution < -0.4 is 10.5 Å². The van der Waals surface area contributed by atoms with Crippen molar-refractivity contribution in [1.29, 1.82) is 0 Å². The number of aryl methyl sites for hydroxylation is 1. The lowest BCUT2D eigenvalue weighted by Crippen LogP contribution is -2.30. The second kappa shape index (κ2) is 5.26. The minimum atomic E-state index is -3.41. The summed E-state index contributed by atoms with van der Waals surface area (Å²) in [6.45, 7) is 3.03. The molecule has 0 aliphatic heterocycles. The third-order valence-corrected chi connectivity index (χ3v) is 5.35. The van der Waals surface area contributed by atoms with Gasteiger partial charge in [-0.2, -0.15) is 0 Å². The first-order valence-corrected chi connectivity index (χ1v) is 8.26. The van der Waals surface area contributed by atoms with Gasteiger partial charge in [0.1, 0.15) is 0 Å². The fraction of sp³-hybridized carbons (Fsp3) is 0.692. The quantitative estimate of drug-likeness (QED) is 0.793. The molecule has 0 saturated heterocycles. The molecule has 1 aromatic heterocycles. The van der Waals surface area contributed by atoms with Crippen LogP contribution in [0.2, 0.25) is 0 Å². The minimum absolute atomic E-state index is 0.216. The van der Waals surface area contributed by atoms with Crippen LogP contribution in [0.15, 0.2) is 17.2 Å². The van der Waals surface area contributed by atoms with E-state index in [-0.39, 0.29) is 5.41 Å². The first kappa shape index (κ1) is 14.6. The number of nitrogens with one attached hydrogen (secondary N) is 1. The molecule has 0 radical (unpaired) electrons. The first-order chi connectivity index (χ1) is 8.92. The van der Waals surface area contributed by atoms with Crippen molar-refractivity contribution in [2.24, 2.45) is 18.2 Å². The van der Waals surface area contributed by atoms with E-state index in [0.717, 1.165) is 31.4 Å². The van der Waals surface area contributed by atoms with E-state index < -0.39 is 10.0 Å². The van der Waals surface area contributed by atoms with E-state index >= 15 is 0 Å². The molecule has 1 saturated carbocycles. The Labute approximate surface area is 115 Å². The summed E-state index contributed by atoms with van der Waals surface area (Å²) in [6.07, 6.45) is 6.07. The van der Waals surface area contributed by atoms with Crippen molar-refractivity contribution in [2.45, 2.75) is 44.0 Å². The third kappa shape index (κ3) is 3.19.